The molecule has 0 radical (unpaired) electrons. The second-order valence-electron chi connectivity index (χ2n) is 6.30. The van der Waals surface area contributed by atoms with Gasteiger partial charge in [0.15, 0.2) is 0 Å². The van der Waals surface area contributed by atoms with Crippen molar-refractivity contribution in [2.24, 2.45) is 0 Å². The van der Waals surface area contributed by atoms with Crippen LogP contribution in [0.15, 0.2) is 42.7 Å². The van der Waals surface area contributed by atoms with Crippen LogP contribution in [0.3, 0.4) is 0 Å². The molecule has 7 nitrogen and oxygen atoms in total. The Bertz CT molecular complexity index is 882. The molecule has 3 heterocycles. The molecule has 1 aliphatic heterocycles. The Hall–Kier alpha value is -2.96. The molecule has 1 aromatic carbocycles. The molecular formula is C18H20N6O. The first-order chi connectivity index (χ1) is 12.2. The number of aryl methyl sites for hydroxylation is 1. The average molecular weight is 336 g/mol. The van der Waals surface area contributed by atoms with Crippen LogP contribution in [0.2, 0.25) is 0 Å². The van der Waals surface area contributed by atoms with Gasteiger partial charge in [0.05, 0.1) is 17.9 Å². The van der Waals surface area contributed by atoms with E-state index >= 15 is 0 Å². The number of carbonyl (C=O) groups excluding carboxylic acids is 1. The van der Waals surface area contributed by atoms with Crippen molar-refractivity contribution in [2.45, 2.75) is 38.8 Å². The highest BCUT2D eigenvalue weighted by molar-refractivity contribution is 5.91. The molecule has 0 spiro atoms. The quantitative estimate of drug-likeness (QED) is 0.793. The summed E-state index contributed by atoms with van der Waals surface area (Å²) in [6.45, 7) is 2.75. The van der Waals surface area contributed by atoms with E-state index in [-0.39, 0.29) is 11.9 Å². The zero-order valence-electron chi connectivity index (χ0n) is 14.1. The Morgan fingerprint density at radius 2 is 2.04 bits per heavy atom. The molecule has 1 N–H and O–H groups in total. The summed E-state index contributed by atoms with van der Waals surface area (Å²) >= 11 is 0. The summed E-state index contributed by atoms with van der Waals surface area (Å²) in [4.78, 5) is 12.6. The summed E-state index contributed by atoms with van der Waals surface area (Å²) < 4.78 is 3.73. The van der Waals surface area contributed by atoms with Crippen LogP contribution in [0, 0.1) is 0 Å². The van der Waals surface area contributed by atoms with Crippen molar-refractivity contribution in [2.75, 3.05) is 0 Å². The summed E-state index contributed by atoms with van der Waals surface area (Å²) in [5, 5.41) is 15.6. The third-order valence-corrected chi connectivity index (χ3v) is 4.53. The first-order valence-electron chi connectivity index (χ1n) is 8.55. The van der Waals surface area contributed by atoms with Gasteiger partial charge in [0.1, 0.15) is 5.82 Å². The second-order valence-corrected chi connectivity index (χ2v) is 6.30. The summed E-state index contributed by atoms with van der Waals surface area (Å²) in [6, 6.07) is 9.72. The lowest BCUT2D eigenvalue weighted by Gasteiger charge is -2.16. The first kappa shape index (κ1) is 15.6. The number of amides is 1. The smallest absolute Gasteiger partial charge is 0.289 e. The highest BCUT2D eigenvalue weighted by Crippen LogP contribution is 2.17. The molecule has 1 aliphatic rings. The number of nitrogens with one attached hydrogen (secondary N) is 1. The molecule has 0 saturated heterocycles. The summed E-state index contributed by atoms with van der Waals surface area (Å²) in [6.07, 6.45) is 6.76. The molecule has 1 atom stereocenters. The molecule has 3 aromatic rings. The molecule has 0 aliphatic carbocycles. The number of rotatable bonds is 4. The molecule has 7 heteroatoms. The third-order valence-electron chi connectivity index (χ3n) is 4.53. The summed E-state index contributed by atoms with van der Waals surface area (Å²) in [7, 11) is 0. The monoisotopic (exact) mass is 336 g/mol. The van der Waals surface area contributed by atoms with Crippen LogP contribution in [0.25, 0.3) is 5.69 Å². The van der Waals surface area contributed by atoms with Gasteiger partial charge in [-0.2, -0.15) is 5.10 Å². The van der Waals surface area contributed by atoms with E-state index in [1.54, 1.807) is 10.9 Å². The van der Waals surface area contributed by atoms with E-state index in [0.717, 1.165) is 42.9 Å². The standard InChI is InChI=1S/C18H20N6O/c1-13(14-11-19-24(12-14)15-7-3-2-4-8-15)20-18(25)17-22-21-16-9-5-6-10-23(16)17/h2-4,7-8,11-13H,5-6,9-10H2,1H3,(H,20,25)/t13-/m0/s1. The molecule has 0 unspecified atom stereocenters. The molecule has 1 amide bonds. The van der Waals surface area contributed by atoms with Crippen LogP contribution in [0.5, 0.6) is 0 Å². The fourth-order valence-electron chi connectivity index (χ4n) is 3.10. The number of benzene rings is 1. The highest BCUT2D eigenvalue weighted by atomic mass is 16.2. The van der Waals surface area contributed by atoms with Crippen LogP contribution in [-0.4, -0.2) is 30.5 Å². The maximum absolute atomic E-state index is 12.6. The van der Waals surface area contributed by atoms with E-state index in [2.05, 4.69) is 20.6 Å². The first-order valence-corrected chi connectivity index (χ1v) is 8.55. The van der Waals surface area contributed by atoms with Crippen molar-refractivity contribution in [1.82, 2.24) is 29.9 Å². The maximum atomic E-state index is 12.6. The van der Waals surface area contributed by atoms with E-state index < -0.39 is 0 Å². The van der Waals surface area contributed by atoms with Gasteiger partial charge in [0.2, 0.25) is 5.82 Å². The average Bonchev–Trinajstić information content (AvgIpc) is 3.30. The largest absolute Gasteiger partial charge is 0.343 e. The zero-order valence-corrected chi connectivity index (χ0v) is 14.1. The van der Waals surface area contributed by atoms with Crippen LogP contribution in [0.1, 0.15) is 47.8 Å². The van der Waals surface area contributed by atoms with Crippen LogP contribution in [-0.2, 0) is 13.0 Å². The van der Waals surface area contributed by atoms with Crippen molar-refractivity contribution < 1.29 is 4.79 Å². The minimum absolute atomic E-state index is 0.165. The number of hydrogen-bond acceptors (Lipinski definition) is 4. The van der Waals surface area contributed by atoms with Gasteiger partial charge in [-0.25, -0.2) is 4.68 Å². The fraction of sp³-hybridized carbons (Fsp3) is 0.333. The van der Waals surface area contributed by atoms with Gasteiger partial charge in [0, 0.05) is 24.7 Å². The molecule has 2 aromatic heterocycles. The predicted molar refractivity (Wildman–Crippen MR) is 92.4 cm³/mol. The third kappa shape index (κ3) is 3.05. The van der Waals surface area contributed by atoms with Crippen molar-refractivity contribution >= 4 is 5.91 Å². The molecule has 0 saturated carbocycles. The maximum Gasteiger partial charge on any atom is 0.289 e. The number of carbonyl (C=O) groups is 1. The number of para-hydroxylation sites is 1. The van der Waals surface area contributed by atoms with Crippen molar-refractivity contribution in [3.05, 3.63) is 59.9 Å². The van der Waals surface area contributed by atoms with E-state index in [1.807, 2.05) is 48.0 Å². The van der Waals surface area contributed by atoms with Gasteiger partial charge < -0.3 is 9.88 Å². The van der Waals surface area contributed by atoms with Gasteiger partial charge in [-0.05, 0) is 31.9 Å². The van der Waals surface area contributed by atoms with Crippen LogP contribution < -0.4 is 5.32 Å². The van der Waals surface area contributed by atoms with E-state index in [1.165, 1.54) is 0 Å². The highest BCUT2D eigenvalue weighted by Gasteiger charge is 2.22. The zero-order chi connectivity index (χ0) is 17.2. The van der Waals surface area contributed by atoms with E-state index in [4.69, 9.17) is 0 Å². The van der Waals surface area contributed by atoms with Crippen molar-refractivity contribution in [3.63, 3.8) is 0 Å². The lowest BCUT2D eigenvalue weighted by molar-refractivity contribution is 0.0923. The Labute approximate surface area is 145 Å². The lowest BCUT2D eigenvalue weighted by atomic mass is 10.1. The topological polar surface area (TPSA) is 77.6 Å². The van der Waals surface area contributed by atoms with Gasteiger partial charge >= 0.3 is 0 Å². The molecule has 0 bridgehead atoms. The second kappa shape index (κ2) is 6.51. The summed E-state index contributed by atoms with van der Waals surface area (Å²) in [5.41, 5.74) is 1.93. The molecule has 0 fully saturated rings. The Morgan fingerprint density at radius 3 is 2.88 bits per heavy atom. The van der Waals surface area contributed by atoms with Gasteiger partial charge in [-0.3, -0.25) is 4.79 Å². The minimum Gasteiger partial charge on any atom is -0.343 e. The number of hydrogen-bond donors (Lipinski definition) is 1. The van der Waals surface area contributed by atoms with Crippen LogP contribution in [0.4, 0.5) is 0 Å². The molecule has 25 heavy (non-hydrogen) atoms. The van der Waals surface area contributed by atoms with E-state index in [0.29, 0.717) is 5.82 Å². The van der Waals surface area contributed by atoms with Crippen molar-refractivity contribution in [3.8, 4) is 5.69 Å². The fourth-order valence-corrected chi connectivity index (χ4v) is 3.10. The van der Waals surface area contributed by atoms with Gasteiger partial charge in [-0.1, -0.05) is 18.2 Å². The Kier molecular flexibility index (Phi) is 4.05. The van der Waals surface area contributed by atoms with Gasteiger partial charge in [-0.15, -0.1) is 10.2 Å². The Morgan fingerprint density at radius 1 is 1.20 bits per heavy atom. The van der Waals surface area contributed by atoms with Gasteiger partial charge in [0.25, 0.3) is 5.91 Å². The SMILES string of the molecule is C[C@H](NC(=O)c1nnc2n1CCCC2)c1cnn(-c2ccccc2)c1. The predicted octanol–water partition coefficient (Wildman–Crippen LogP) is 2.29. The minimum atomic E-state index is -0.194. The van der Waals surface area contributed by atoms with E-state index in [9.17, 15) is 4.79 Å². The lowest BCUT2D eigenvalue weighted by Crippen LogP contribution is -2.30. The molecule has 4 rings (SSSR count). The number of aromatic nitrogens is 5. The number of fused-ring (bicyclic) bond motifs is 1. The summed E-state index contributed by atoms with van der Waals surface area (Å²) in [5.74, 6) is 1.11. The Balaban J connectivity index is 1.49. The number of nitrogens with zero attached hydrogens (tertiary/aromatic N) is 5. The van der Waals surface area contributed by atoms with Crippen molar-refractivity contribution in [1.29, 1.82) is 0 Å². The molecular weight excluding hydrogens is 316 g/mol. The normalized spacial score (nSPS) is 14.8. The molecule has 128 valence electrons. The van der Waals surface area contributed by atoms with Crippen LogP contribution >= 0.6 is 0 Å².